The van der Waals surface area contributed by atoms with E-state index in [-0.39, 0.29) is 6.10 Å². The smallest absolute Gasteiger partial charge is 0.225 e. The summed E-state index contributed by atoms with van der Waals surface area (Å²) < 4.78 is 5.68. The first-order valence-electron chi connectivity index (χ1n) is 8.74. The van der Waals surface area contributed by atoms with E-state index in [1.54, 1.807) is 12.4 Å². The molecule has 0 bridgehead atoms. The predicted molar refractivity (Wildman–Crippen MR) is 99.8 cm³/mol. The van der Waals surface area contributed by atoms with Gasteiger partial charge in [-0.1, -0.05) is 0 Å². The van der Waals surface area contributed by atoms with Crippen LogP contribution in [0.1, 0.15) is 12.8 Å². The molecule has 1 fully saturated rings. The van der Waals surface area contributed by atoms with Crippen LogP contribution >= 0.6 is 0 Å². The number of nitrogens with zero attached hydrogens (tertiary/aromatic N) is 4. The maximum Gasteiger partial charge on any atom is 0.225 e. The lowest BCUT2D eigenvalue weighted by Crippen LogP contribution is -2.22. The van der Waals surface area contributed by atoms with E-state index in [1.807, 2.05) is 32.3 Å². The van der Waals surface area contributed by atoms with Crippen LogP contribution in [0.4, 0.5) is 11.8 Å². The van der Waals surface area contributed by atoms with E-state index in [0.717, 1.165) is 56.2 Å². The Kier molecular flexibility index (Phi) is 6.14. The molecule has 0 aliphatic carbocycles. The van der Waals surface area contributed by atoms with Crippen molar-refractivity contribution >= 4 is 11.8 Å². The van der Waals surface area contributed by atoms with E-state index >= 15 is 0 Å². The molecule has 3 heterocycles. The molecule has 2 aromatic heterocycles. The van der Waals surface area contributed by atoms with Crippen molar-refractivity contribution in [1.29, 1.82) is 0 Å². The van der Waals surface area contributed by atoms with Gasteiger partial charge in [0.25, 0.3) is 0 Å². The highest BCUT2D eigenvalue weighted by molar-refractivity contribution is 5.63. The van der Waals surface area contributed by atoms with Crippen LogP contribution in [0.3, 0.4) is 0 Å². The number of ether oxygens (including phenoxy) is 1. The quantitative estimate of drug-likeness (QED) is 0.761. The SMILES string of the molecule is CN(C)CCNc1nc(NC[C@@H]2CCCO2)cc(-c2ccncc2)n1. The Labute approximate surface area is 148 Å². The first-order chi connectivity index (χ1) is 12.2. The van der Waals surface area contributed by atoms with Crippen molar-refractivity contribution in [2.45, 2.75) is 18.9 Å². The fourth-order valence-electron chi connectivity index (χ4n) is 2.70. The molecule has 2 aromatic rings. The van der Waals surface area contributed by atoms with E-state index in [9.17, 15) is 0 Å². The highest BCUT2D eigenvalue weighted by atomic mass is 16.5. The van der Waals surface area contributed by atoms with Gasteiger partial charge in [0.15, 0.2) is 0 Å². The average molecular weight is 342 g/mol. The molecule has 1 saturated heterocycles. The predicted octanol–water partition coefficient (Wildman–Crippen LogP) is 2.10. The van der Waals surface area contributed by atoms with Gasteiger partial charge in [0, 0.05) is 50.3 Å². The number of rotatable bonds is 8. The summed E-state index contributed by atoms with van der Waals surface area (Å²) in [7, 11) is 4.09. The second kappa shape index (κ2) is 8.73. The topological polar surface area (TPSA) is 75.2 Å². The number of hydrogen-bond donors (Lipinski definition) is 2. The van der Waals surface area contributed by atoms with E-state index in [0.29, 0.717) is 5.95 Å². The summed E-state index contributed by atoms with van der Waals surface area (Å²) in [5.74, 6) is 1.44. The zero-order chi connectivity index (χ0) is 17.5. The number of likely N-dealkylation sites (N-methyl/N-ethyl adjacent to an activating group) is 1. The summed E-state index contributed by atoms with van der Waals surface area (Å²) in [6.45, 7) is 3.33. The lowest BCUT2D eigenvalue weighted by Gasteiger charge is -2.15. The van der Waals surface area contributed by atoms with Gasteiger partial charge in [-0.05, 0) is 39.1 Å². The minimum atomic E-state index is 0.268. The Morgan fingerprint density at radius 2 is 2.04 bits per heavy atom. The van der Waals surface area contributed by atoms with Crippen LogP contribution in [0.5, 0.6) is 0 Å². The van der Waals surface area contributed by atoms with Crippen molar-refractivity contribution in [3.8, 4) is 11.3 Å². The molecule has 0 radical (unpaired) electrons. The van der Waals surface area contributed by atoms with Gasteiger partial charge in [0.05, 0.1) is 11.8 Å². The zero-order valence-corrected chi connectivity index (χ0v) is 14.9. The fourth-order valence-corrected chi connectivity index (χ4v) is 2.70. The first-order valence-corrected chi connectivity index (χ1v) is 8.74. The number of hydrogen-bond acceptors (Lipinski definition) is 7. The van der Waals surface area contributed by atoms with Gasteiger partial charge < -0.3 is 20.3 Å². The molecule has 0 amide bonds. The van der Waals surface area contributed by atoms with Gasteiger partial charge in [-0.2, -0.15) is 4.98 Å². The molecule has 134 valence electrons. The number of anilines is 2. The van der Waals surface area contributed by atoms with Gasteiger partial charge in [-0.25, -0.2) is 4.98 Å². The van der Waals surface area contributed by atoms with Crippen LogP contribution in [-0.4, -0.2) is 66.3 Å². The van der Waals surface area contributed by atoms with Crippen LogP contribution in [0.2, 0.25) is 0 Å². The molecule has 0 aromatic carbocycles. The molecular formula is C18H26N6O. The summed E-state index contributed by atoms with van der Waals surface area (Å²) in [4.78, 5) is 15.4. The minimum Gasteiger partial charge on any atom is -0.376 e. The maximum absolute atomic E-state index is 5.68. The zero-order valence-electron chi connectivity index (χ0n) is 14.9. The molecule has 0 unspecified atom stereocenters. The second-order valence-corrected chi connectivity index (χ2v) is 6.44. The van der Waals surface area contributed by atoms with Crippen LogP contribution in [0, 0.1) is 0 Å². The summed E-state index contributed by atoms with van der Waals surface area (Å²) in [5, 5.41) is 6.70. The van der Waals surface area contributed by atoms with E-state index in [4.69, 9.17) is 4.74 Å². The molecule has 1 atom stereocenters. The highest BCUT2D eigenvalue weighted by Crippen LogP contribution is 2.21. The Morgan fingerprint density at radius 1 is 1.20 bits per heavy atom. The maximum atomic E-state index is 5.68. The third-order valence-corrected chi connectivity index (χ3v) is 4.08. The number of nitrogens with one attached hydrogen (secondary N) is 2. The van der Waals surface area contributed by atoms with Crippen molar-refractivity contribution < 1.29 is 4.74 Å². The molecule has 0 spiro atoms. The van der Waals surface area contributed by atoms with E-state index in [2.05, 4.69) is 30.5 Å². The van der Waals surface area contributed by atoms with Crippen LogP contribution in [-0.2, 0) is 4.74 Å². The number of aromatic nitrogens is 3. The number of pyridine rings is 1. The van der Waals surface area contributed by atoms with Crippen LogP contribution < -0.4 is 10.6 Å². The highest BCUT2D eigenvalue weighted by Gasteiger charge is 2.15. The third-order valence-electron chi connectivity index (χ3n) is 4.08. The van der Waals surface area contributed by atoms with Crippen LogP contribution in [0.15, 0.2) is 30.6 Å². The minimum absolute atomic E-state index is 0.268. The molecule has 7 nitrogen and oxygen atoms in total. The molecule has 3 rings (SSSR count). The van der Waals surface area contributed by atoms with E-state index < -0.39 is 0 Å². The fraction of sp³-hybridized carbons (Fsp3) is 0.500. The van der Waals surface area contributed by atoms with Gasteiger partial charge in [0.2, 0.25) is 5.95 Å². The molecule has 7 heteroatoms. The Morgan fingerprint density at radius 3 is 2.76 bits per heavy atom. The lowest BCUT2D eigenvalue weighted by atomic mass is 10.2. The molecule has 2 N–H and O–H groups in total. The van der Waals surface area contributed by atoms with Crippen molar-refractivity contribution in [3.63, 3.8) is 0 Å². The summed E-state index contributed by atoms with van der Waals surface area (Å²) in [6.07, 6.45) is 6.05. The molecule has 25 heavy (non-hydrogen) atoms. The Hall–Kier alpha value is -2.25. The largest absolute Gasteiger partial charge is 0.376 e. The summed E-state index contributed by atoms with van der Waals surface area (Å²) in [5.41, 5.74) is 1.90. The lowest BCUT2D eigenvalue weighted by molar-refractivity contribution is 0.120. The molecule has 0 saturated carbocycles. The standard InChI is InChI=1S/C18H26N6O/c1-24(2)10-9-20-18-22-16(14-5-7-19-8-6-14)12-17(23-18)21-13-15-4-3-11-25-15/h5-8,12,15H,3-4,9-11,13H2,1-2H3,(H2,20,21,22,23)/t15-/m0/s1. The van der Waals surface area contributed by atoms with Gasteiger partial charge in [-0.3, -0.25) is 4.98 Å². The monoisotopic (exact) mass is 342 g/mol. The molecular weight excluding hydrogens is 316 g/mol. The Balaban J connectivity index is 1.75. The summed E-state index contributed by atoms with van der Waals surface area (Å²) in [6, 6.07) is 5.88. The van der Waals surface area contributed by atoms with Crippen molar-refractivity contribution in [2.75, 3.05) is 51.0 Å². The van der Waals surface area contributed by atoms with E-state index in [1.165, 1.54) is 0 Å². The van der Waals surface area contributed by atoms with Crippen molar-refractivity contribution in [3.05, 3.63) is 30.6 Å². The van der Waals surface area contributed by atoms with Gasteiger partial charge in [-0.15, -0.1) is 0 Å². The normalized spacial score (nSPS) is 17.0. The summed E-state index contributed by atoms with van der Waals surface area (Å²) >= 11 is 0. The van der Waals surface area contributed by atoms with Crippen molar-refractivity contribution in [2.24, 2.45) is 0 Å². The molecule has 1 aliphatic rings. The van der Waals surface area contributed by atoms with Gasteiger partial charge >= 0.3 is 0 Å². The first kappa shape index (κ1) is 17.6. The van der Waals surface area contributed by atoms with Crippen molar-refractivity contribution in [1.82, 2.24) is 19.9 Å². The van der Waals surface area contributed by atoms with Crippen LogP contribution in [0.25, 0.3) is 11.3 Å². The molecule has 1 aliphatic heterocycles. The van der Waals surface area contributed by atoms with Gasteiger partial charge in [0.1, 0.15) is 5.82 Å². The Bertz CT molecular complexity index is 658. The average Bonchev–Trinajstić information content (AvgIpc) is 3.14. The third kappa shape index (κ3) is 5.37. The second-order valence-electron chi connectivity index (χ2n) is 6.44.